The number of carbonyl (C=O) groups is 1. The molecule has 0 spiro atoms. The van der Waals surface area contributed by atoms with Crippen LogP contribution in [0.3, 0.4) is 0 Å². The van der Waals surface area contributed by atoms with E-state index in [1.165, 1.54) is 0 Å². The van der Waals surface area contributed by atoms with Gasteiger partial charge in [0, 0.05) is 0 Å². The standard InChI is InChI=1S/C26H24N2O4/c1-3-14-5-6-15(31-21-12-27-18-10-13(2)4-7-17(18)28-21)11-16(14)22-25(29)23-19-8-9-20(32-19)24(23)26(22)30/h4-7,10-12,19-20,23-24,29H,3,8-9H2,1-2H3/t19-,20+,23-,24+/m1/s1. The lowest BCUT2D eigenvalue weighted by Crippen LogP contribution is -2.29. The first-order valence-corrected chi connectivity index (χ1v) is 11.2. The number of ketones is 1. The highest BCUT2D eigenvalue weighted by molar-refractivity contribution is 6.25. The highest BCUT2D eigenvalue weighted by atomic mass is 16.5. The molecule has 3 heterocycles. The highest BCUT2D eigenvalue weighted by Crippen LogP contribution is 2.54. The van der Waals surface area contributed by atoms with Gasteiger partial charge in [0.1, 0.15) is 11.5 Å². The Morgan fingerprint density at radius 2 is 1.91 bits per heavy atom. The number of fused-ring (bicyclic) bond motifs is 6. The van der Waals surface area contributed by atoms with E-state index in [2.05, 4.69) is 9.97 Å². The Kier molecular flexibility index (Phi) is 4.33. The monoisotopic (exact) mass is 428 g/mol. The predicted molar refractivity (Wildman–Crippen MR) is 120 cm³/mol. The summed E-state index contributed by atoms with van der Waals surface area (Å²) in [5, 5.41) is 11.1. The third kappa shape index (κ3) is 2.86. The van der Waals surface area contributed by atoms with E-state index in [1.54, 1.807) is 6.20 Å². The highest BCUT2D eigenvalue weighted by Gasteiger charge is 2.59. The molecule has 2 aliphatic heterocycles. The fourth-order valence-corrected chi connectivity index (χ4v) is 5.52. The number of Topliss-reactive ketones (excluding diaryl/α,β-unsaturated/α-hetero) is 1. The van der Waals surface area contributed by atoms with Crippen molar-refractivity contribution in [1.29, 1.82) is 0 Å². The molecule has 1 N–H and O–H groups in total. The average Bonchev–Trinajstić information content (AvgIpc) is 3.47. The molecule has 6 nitrogen and oxygen atoms in total. The topological polar surface area (TPSA) is 81.5 Å². The summed E-state index contributed by atoms with van der Waals surface area (Å²) in [5.74, 6) is 0.652. The molecule has 162 valence electrons. The van der Waals surface area contributed by atoms with Crippen LogP contribution in [0.25, 0.3) is 16.6 Å². The van der Waals surface area contributed by atoms with Crippen molar-refractivity contribution in [3.05, 3.63) is 65.0 Å². The molecule has 1 aliphatic carbocycles. The Morgan fingerprint density at radius 1 is 1.09 bits per heavy atom. The summed E-state index contributed by atoms with van der Waals surface area (Å²) in [5.41, 5.74) is 4.87. The minimum atomic E-state index is -0.257. The maximum absolute atomic E-state index is 13.3. The van der Waals surface area contributed by atoms with E-state index in [1.807, 2.05) is 50.2 Å². The van der Waals surface area contributed by atoms with Crippen LogP contribution in [-0.2, 0) is 16.0 Å². The van der Waals surface area contributed by atoms with Gasteiger partial charge < -0.3 is 14.6 Å². The molecular weight excluding hydrogens is 404 g/mol. The lowest BCUT2D eigenvalue weighted by atomic mass is 9.80. The molecule has 32 heavy (non-hydrogen) atoms. The van der Waals surface area contributed by atoms with Crippen molar-refractivity contribution in [2.45, 2.75) is 45.3 Å². The molecule has 0 unspecified atom stereocenters. The molecule has 2 bridgehead atoms. The number of ether oxygens (including phenoxy) is 2. The van der Waals surface area contributed by atoms with Crippen molar-refractivity contribution in [3.8, 4) is 11.6 Å². The molecule has 0 amide bonds. The second kappa shape index (κ2) is 7.14. The van der Waals surface area contributed by atoms with Crippen LogP contribution < -0.4 is 4.74 Å². The first-order chi connectivity index (χ1) is 15.5. The van der Waals surface area contributed by atoms with E-state index in [9.17, 15) is 9.90 Å². The summed E-state index contributed by atoms with van der Waals surface area (Å²) in [6, 6.07) is 11.6. The third-order valence-corrected chi connectivity index (χ3v) is 7.02. The van der Waals surface area contributed by atoms with Gasteiger partial charge in [-0.05, 0) is 67.1 Å². The van der Waals surface area contributed by atoms with Gasteiger partial charge in [-0.1, -0.05) is 19.1 Å². The number of rotatable bonds is 4. The molecule has 6 heteroatoms. The second-order valence-electron chi connectivity index (χ2n) is 8.94. The van der Waals surface area contributed by atoms with Crippen molar-refractivity contribution in [1.82, 2.24) is 9.97 Å². The number of allylic oxidation sites excluding steroid dienone is 1. The van der Waals surface area contributed by atoms with E-state index >= 15 is 0 Å². The zero-order chi connectivity index (χ0) is 22.0. The molecule has 2 saturated heterocycles. The van der Waals surface area contributed by atoms with Gasteiger partial charge >= 0.3 is 0 Å². The molecule has 3 aliphatic rings. The number of hydrogen-bond donors (Lipinski definition) is 1. The van der Waals surface area contributed by atoms with Gasteiger partial charge in [0.25, 0.3) is 0 Å². The quantitative estimate of drug-likeness (QED) is 0.634. The Bertz CT molecular complexity index is 1300. The zero-order valence-electron chi connectivity index (χ0n) is 18.0. The number of aryl methyl sites for hydroxylation is 2. The zero-order valence-corrected chi connectivity index (χ0v) is 18.0. The van der Waals surface area contributed by atoms with Gasteiger partial charge in [0.2, 0.25) is 5.88 Å². The van der Waals surface area contributed by atoms with Gasteiger partial charge in [-0.3, -0.25) is 4.79 Å². The predicted octanol–water partition coefficient (Wildman–Crippen LogP) is 4.94. The smallest absolute Gasteiger partial charge is 0.238 e. The van der Waals surface area contributed by atoms with E-state index in [0.29, 0.717) is 17.2 Å². The lowest BCUT2D eigenvalue weighted by Gasteiger charge is -2.19. The summed E-state index contributed by atoms with van der Waals surface area (Å²) in [6.07, 6.45) is 4.02. The fraction of sp³-hybridized carbons (Fsp3) is 0.346. The first-order valence-electron chi connectivity index (χ1n) is 11.2. The third-order valence-electron chi connectivity index (χ3n) is 7.02. The van der Waals surface area contributed by atoms with Crippen LogP contribution in [0.1, 0.15) is 36.5 Å². The molecule has 1 aromatic heterocycles. The summed E-state index contributed by atoms with van der Waals surface area (Å²) in [6.45, 7) is 4.06. The van der Waals surface area contributed by atoms with Gasteiger partial charge in [-0.25, -0.2) is 9.97 Å². The van der Waals surface area contributed by atoms with Crippen LogP contribution in [0.4, 0.5) is 0 Å². The SMILES string of the molecule is CCc1ccc(Oc2cnc3cc(C)ccc3n2)cc1C1=C(O)[C@H]2[C@@H](C1=O)[C@@H]1CC[C@H]2O1. The largest absolute Gasteiger partial charge is 0.511 e. The lowest BCUT2D eigenvalue weighted by molar-refractivity contribution is -0.118. The molecule has 4 atom stereocenters. The van der Waals surface area contributed by atoms with Crippen LogP contribution in [0, 0.1) is 18.8 Å². The molecule has 2 fully saturated rings. The van der Waals surface area contributed by atoms with E-state index in [-0.39, 0.29) is 35.6 Å². The van der Waals surface area contributed by atoms with Gasteiger partial charge in [0.15, 0.2) is 5.78 Å². The van der Waals surface area contributed by atoms with Crippen molar-refractivity contribution < 1.29 is 19.4 Å². The number of aliphatic hydroxyl groups excluding tert-OH is 1. The summed E-state index contributed by atoms with van der Waals surface area (Å²) in [4.78, 5) is 22.3. The maximum atomic E-state index is 13.3. The molecule has 0 radical (unpaired) electrons. The van der Waals surface area contributed by atoms with Gasteiger partial charge in [-0.15, -0.1) is 0 Å². The normalized spacial score (nSPS) is 26.2. The van der Waals surface area contributed by atoms with Crippen LogP contribution in [-0.4, -0.2) is 33.1 Å². The Morgan fingerprint density at radius 3 is 2.69 bits per heavy atom. The fourth-order valence-electron chi connectivity index (χ4n) is 5.52. The average molecular weight is 428 g/mol. The van der Waals surface area contributed by atoms with Crippen LogP contribution in [0.15, 0.2) is 48.4 Å². The van der Waals surface area contributed by atoms with Crippen LogP contribution in [0.2, 0.25) is 0 Å². The summed E-state index contributed by atoms with van der Waals surface area (Å²) in [7, 11) is 0. The number of nitrogens with zero attached hydrogens (tertiary/aromatic N) is 2. The minimum Gasteiger partial charge on any atom is -0.511 e. The van der Waals surface area contributed by atoms with Gasteiger partial charge in [-0.2, -0.15) is 0 Å². The first kappa shape index (κ1) is 19.4. The van der Waals surface area contributed by atoms with Crippen molar-refractivity contribution in [2.75, 3.05) is 0 Å². The molecule has 6 rings (SSSR count). The molecule has 3 aromatic rings. The van der Waals surface area contributed by atoms with Crippen LogP contribution >= 0.6 is 0 Å². The summed E-state index contributed by atoms with van der Waals surface area (Å²) >= 11 is 0. The Balaban J connectivity index is 1.37. The van der Waals surface area contributed by atoms with E-state index in [0.717, 1.165) is 47.0 Å². The number of carbonyl (C=O) groups excluding carboxylic acids is 1. The number of benzene rings is 2. The molecule has 2 aromatic carbocycles. The molecule has 0 saturated carbocycles. The number of aliphatic hydroxyl groups is 1. The Hall–Kier alpha value is -3.25. The van der Waals surface area contributed by atoms with Crippen molar-refractivity contribution in [2.24, 2.45) is 11.8 Å². The maximum Gasteiger partial charge on any atom is 0.238 e. The van der Waals surface area contributed by atoms with Crippen molar-refractivity contribution >= 4 is 22.4 Å². The summed E-state index contributed by atoms with van der Waals surface area (Å²) < 4.78 is 11.9. The second-order valence-corrected chi connectivity index (χ2v) is 8.94. The van der Waals surface area contributed by atoms with E-state index in [4.69, 9.17) is 9.47 Å². The van der Waals surface area contributed by atoms with Gasteiger partial charge in [0.05, 0.1) is 46.8 Å². The van der Waals surface area contributed by atoms with Crippen molar-refractivity contribution in [3.63, 3.8) is 0 Å². The Labute approximate surface area is 185 Å². The van der Waals surface area contributed by atoms with E-state index < -0.39 is 0 Å². The van der Waals surface area contributed by atoms with Crippen LogP contribution in [0.5, 0.6) is 11.6 Å². The molecular formula is C26H24N2O4. The number of aromatic nitrogens is 2. The minimum absolute atomic E-state index is 0.00702. The number of hydrogen-bond acceptors (Lipinski definition) is 6.